The van der Waals surface area contributed by atoms with Crippen molar-refractivity contribution in [2.75, 3.05) is 39.3 Å². The molecular weight excluding hydrogens is 546 g/mol. The van der Waals surface area contributed by atoms with Crippen LogP contribution in [-0.4, -0.2) is 82.7 Å². The Bertz CT molecular complexity index is 1430. The largest absolute Gasteiger partial charge is 0.349 e. The molecule has 9 heteroatoms. The average molecular weight is 588 g/mol. The SMILES string of the molecule is CC(NC(=O)c1c(CN2CCN(CC(=O)N3CCCC3)C(=O)C2)c(-c2cccs2)nc2ccccc12)C1CCCCC1. The molecule has 3 fully saturated rings. The van der Waals surface area contributed by atoms with E-state index in [-0.39, 0.29) is 36.9 Å². The number of amides is 3. The van der Waals surface area contributed by atoms with Crippen molar-refractivity contribution in [3.05, 3.63) is 52.9 Å². The number of benzene rings is 1. The lowest BCUT2D eigenvalue weighted by Crippen LogP contribution is -2.53. The fourth-order valence-electron chi connectivity index (χ4n) is 6.83. The van der Waals surface area contributed by atoms with Gasteiger partial charge in [-0.05, 0) is 56.0 Å². The normalized spacial score (nSPS) is 19.4. The third kappa shape index (κ3) is 6.22. The van der Waals surface area contributed by atoms with E-state index in [2.05, 4.69) is 17.1 Å². The highest BCUT2D eigenvalue weighted by Gasteiger charge is 2.31. The maximum absolute atomic E-state index is 14.2. The molecule has 1 aliphatic carbocycles. The molecule has 3 aromatic rings. The summed E-state index contributed by atoms with van der Waals surface area (Å²) in [5.74, 6) is 0.418. The zero-order valence-corrected chi connectivity index (χ0v) is 25.3. The standard InChI is InChI=1S/C33H41N5O3S/c1-23(24-10-3-2-4-11-24)34-33(41)31-25-12-5-6-13-27(25)35-32(28-14-9-19-42-28)26(31)20-36-17-18-38(29(39)21-36)22-30(40)37-15-7-8-16-37/h5-6,9,12-14,19,23-24H,2-4,7-8,10-11,15-18,20-22H2,1H3,(H,34,41). The number of hydrogen-bond donors (Lipinski definition) is 1. The molecule has 0 bridgehead atoms. The number of hydrogen-bond acceptors (Lipinski definition) is 6. The highest BCUT2D eigenvalue weighted by Crippen LogP contribution is 2.34. The summed E-state index contributed by atoms with van der Waals surface area (Å²) >= 11 is 1.61. The van der Waals surface area contributed by atoms with Crippen molar-refractivity contribution >= 4 is 40.0 Å². The van der Waals surface area contributed by atoms with E-state index in [1.54, 1.807) is 16.2 Å². The number of rotatable bonds is 8. The number of pyridine rings is 1. The predicted molar refractivity (Wildman–Crippen MR) is 166 cm³/mol. The van der Waals surface area contributed by atoms with Gasteiger partial charge in [0.1, 0.15) is 0 Å². The van der Waals surface area contributed by atoms with Gasteiger partial charge in [0.15, 0.2) is 0 Å². The molecule has 42 heavy (non-hydrogen) atoms. The highest BCUT2D eigenvalue weighted by atomic mass is 32.1. The van der Waals surface area contributed by atoms with Crippen LogP contribution in [0.4, 0.5) is 0 Å². The first-order valence-corrected chi connectivity index (χ1v) is 16.4. The van der Waals surface area contributed by atoms with Crippen LogP contribution < -0.4 is 5.32 Å². The van der Waals surface area contributed by atoms with Gasteiger partial charge in [-0.2, -0.15) is 0 Å². The van der Waals surface area contributed by atoms with Crippen molar-refractivity contribution in [2.24, 2.45) is 5.92 Å². The van der Waals surface area contributed by atoms with E-state index in [4.69, 9.17) is 4.98 Å². The van der Waals surface area contributed by atoms with Gasteiger partial charge >= 0.3 is 0 Å². The maximum Gasteiger partial charge on any atom is 0.252 e. The van der Waals surface area contributed by atoms with Crippen LogP contribution in [0.15, 0.2) is 41.8 Å². The van der Waals surface area contributed by atoms with Crippen molar-refractivity contribution in [3.8, 4) is 10.6 Å². The van der Waals surface area contributed by atoms with Gasteiger partial charge in [0.05, 0.1) is 34.7 Å². The molecule has 4 heterocycles. The second-order valence-electron chi connectivity index (χ2n) is 12.1. The molecule has 2 aromatic heterocycles. The summed E-state index contributed by atoms with van der Waals surface area (Å²) < 4.78 is 0. The van der Waals surface area contributed by atoms with E-state index in [1.807, 2.05) is 46.7 Å². The number of para-hydroxylation sites is 1. The third-order valence-corrected chi connectivity index (χ3v) is 10.1. The van der Waals surface area contributed by atoms with Crippen molar-refractivity contribution in [2.45, 2.75) is 64.5 Å². The van der Waals surface area contributed by atoms with E-state index in [9.17, 15) is 14.4 Å². The fraction of sp³-hybridized carbons (Fsp3) is 0.515. The Kier molecular flexibility index (Phi) is 8.86. The minimum atomic E-state index is -0.0688. The zero-order valence-electron chi connectivity index (χ0n) is 24.5. The first-order chi connectivity index (χ1) is 20.5. The number of carbonyl (C=O) groups is 3. The Balaban J connectivity index is 1.29. The number of thiophene rings is 1. The first-order valence-electron chi connectivity index (χ1n) is 15.5. The quantitative estimate of drug-likeness (QED) is 0.404. The molecule has 0 spiro atoms. The Morgan fingerprint density at radius 1 is 1.00 bits per heavy atom. The number of nitrogens with zero attached hydrogens (tertiary/aromatic N) is 4. The van der Waals surface area contributed by atoms with E-state index in [0.717, 1.165) is 65.8 Å². The first kappa shape index (κ1) is 28.8. The van der Waals surface area contributed by atoms with Crippen molar-refractivity contribution in [1.82, 2.24) is 25.0 Å². The van der Waals surface area contributed by atoms with Crippen LogP contribution in [0.2, 0.25) is 0 Å². The summed E-state index contributed by atoms with van der Waals surface area (Å²) in [5.41, 5.74) is 3.12. The summed E-state index contributed by atoms with van der Waals surface area (Å²) in [5, 5.41) is 6.24. The van der Waals surface area contributed by atoms with Crippen molar-refractivity contribution < 1.29 is 14.4 Å². The van der Waals surface area contributed by atoms with E-state index < -0.39 is 0 Å². The van der Waals surface area contributed by atoms with Crippen LogP contribution in [0.3, 0.4) is 0 Å². The molecule has 1 N–H and O–H groups in total. The highest BCUT2D eigenvalue weighted by molar-refractivity contribution is 7.13. The molecule has 6 rings (SSSR count). The van der Waals surface area contributed by atoms with E-state index in [1.165, 1.54) is 19.3 Å². The van der Waals surface area contributed by atoms with Gasteiger partial charge in [-0.3, -0.25) is 19.3 Å². The average Bonchev–Trinajstić information content (AvgIpc) is 3.74. The number of fused-ring (bicyclic) bond motifs is 1. The number of carbonyl (C=O) groups excluding carboxylic acids is 3. The van der Waals surface area contributed by atoms with E-state index in [0.29, 0.717) is 31.1 Å². The lowest BCUT2D eigenvalue weighted by molar-refractivity contribution is -0.143. The van der Waals surface area contributed by atoms with E-state index >= 15 is 0 Å². The summed E-state index contributed by atoms with van der Waals surface area (Å²) in [6.07, 6.45) is 8.10. The minimum absolute atomic E-state index is 0.0408. The van der Waals surface area contributed by atoms with Gasteiger partial charge < -0.3 is 15.1 Å². The van der Waals surface area contributed by atoms with Crippen molar-refractivity contribution in [3.63, 3.8) is 0 Å². The summed E-state index contributed by atoms with van der Waals surface area (Å²) in [4.78, 5) is 51.9. The number of aromatic nitrogens is 1. The van der Waals surface area contributed by atoms with Gasteiger partial charge in [0, 0.05) is 49.7 Å². The maximum atomic E-state index is 14.2. The molecule has 3 amide bonds. The molecule has 2 aliphatic heterocycles. The molecular formula is C33H41N5O3S. The number of likely N-dealkylation sites (tertiary alicyclic amines) is 1. The smallest absolute Gasteiger partial charge is 0.252 e. The van der Waals surface area contributed by atoms with Gasteiger partial charge in [-0.1, -0.05) is 43.5 Å². The number of nitrogens with one attached hydrogen (secondary N) is 1. The van der Waals surface area contributed by atoms with Crippen LogP contribution >= 0.6 is 11.3 Å². The summed E-state index contributed by atoms with van der Waals surface area (Å²) in [7, 11) is 0. The molecule has 1 aromatic carbocycles. The summed E-state index contributed by atoms with van der Waals surface area (Å²) in [6, 6.07) is 12.0. The molecule has 1 saturated carbocycles. The Hall–Kier alpha value is -3.30. The Morgan fingerprint density at radius 2 is 1.79 bits per heavy atom. The Morgan fingerprint density at radius 3 is 2.52 bits per heavy atom. The molecule has 0 radical (unpaired) electrons. The molecule has 2 saturated heterocycles. The second kappa shape index (κ2) is 12.9. The monoisotopic (exact) mass is 587 g/mol. The summed E-state index contributed by atoms with van der Waals surface area (Å²) in [6.45, 7) is 5.64. The minimum Gasteiger partial charge on any atom is -0.349 e. The van der Waals surface area contributed by atoms with Crippen LogP contribution in [0.5, 0.6) is 0 Å². The van der Waals surface area contributed by atoms with Gasteiger partial charge in [0.2, 0.25) is 11.8 Å². The van der Waals surface area contributed by atoms with Gasteiger partial charge in [-0.25, -0.2) is 4.98 Å². The molecule has 1 atom stereocenters. The molecule has 8 nitrogen and oxygen atoms in total. The Labute approximate surface area is 252 Å². The van der Waals surface area contributed by atoms with Crippen LogP contribution in [0.1, 0.15) is 67.8 Å². The van der Waals surface area contributed by atoms with Crippen molar-refractivity contribution in [1.29, 1.82) is 0 Å². The van der Waals surface area contributed by atoms with Crippen LogP contribution in [-0.2, 0) is 16.1 Å². The van der Waals surface area contributed by atoms with Crippen LogP contribution in [0.25, 0.3) is 21.5 Å². The lowest BCUT2D eigenvalue weighted by atomic mass is 9.84. The molecule has 222 valence electrons. The fourth-order valence-corrected chi connectivity index (χ4v) is 7.57. The number of piperazine rings is 1. The molecule has 3 aliphatic rings. The van der Waals surface area contributed by atoms with Gasteiger partial charge in [0.25, 0.3) is 5.91 Å². The van der Waals surface area contributed by atoms with Gasteiger partial charge in [-0.15, -0.1) is 11.3 Å². The third-order valence-electron chi connectivity index (χ3n) is 9.25. The predicted octanol–water partition coefficient (Wildman–Crippen LogP) is 4.93. The lowest BCUT2D eigenvalue weighted by Gasteiger charge is -2.35. The topological polar surface area (TPSA) is 85.9 Å². The molecule has 1 unspecified atom stereocenters. The second-order valence-corrected chi connectivity index (χ2v) is 13.0. The van der Waals surface area contributed by atoms with Crippen LogP contribution in [0, 0.1) is 5.92 Å². The zero-order chi connectivity index (χ0) is 29.1.